The van der Waals surface area contributed by atoms with Gasteiger partial charge in [-0.05, 0) is 62.1 Å². The number of nitrogens with zero attached hydrogens (tertiary/aromatic N) is 3. The van der Waals surface area contributed by atoms with Gasteiger partial charge in [-0.3, -0.25) is 0 Å². The molecule has 2 heterocycles. The number of sulfonamides is 1. The van der Waals surface area contributed by atoms with Crippen molar-refractivity contribution in [2.75, 3.05) is 31.1 Å². The van der Waals surface area contributed by atoms with Crippen molar-refractivity contribution in [2.45, 2.75) is 32.6 Å². The van der Waals surface area contributed by atoms with E-state index < -0.39 is 10.0 Å². The Kier molecular flexibility index (Phi) is 6.27. The maximum atomic E-state index is 13.5. The van der Waals surface area contributed by atoms with Crippen LogP contribution in [-0.4, -0.2) is 43.9 Å². The summed E-state index contributed by atoms with van der Waals surface area (Å²) in [6.45, 7) is 9.95. The van der Waals surface area contributed by atoms with Crippen LogP contribution in [0.1, 0.15) is 22.3 Å². The van der Waals surface area contributed by atoms with E-state index in [9.17, 15) is 8.42 Å². The fraction of sp³-hybridized carbons (Fsp3) is 0.348. The van der Waals surface area contributed by atoms with Crippen LogP contribution in [0.2, 0.25) is 0 Å². The van der Waals surface area contributed by atoms with Crippen molar-refractivity contribution in [3.05, 3.63) is 62.4 Å². The van der Waals surface area contributed by atoms with Gasteiger partial charge in [-0.15, -0.1) is 11.3 Å². The minimum absolute atomic E-state index is 0.458. The van der Waals surface area contributed by atoms with E-state index in [-0.39, 0.29) is 0 Å². The molecule has 164 valence electrons. The Morgan fingerprint density at radius 3 is 2.23 bits per heavy atom. The lowest BCUT2D eigenvalue weighted by Crippen LogP contribution is -2.49. The summed E-state index contributed by atoms with van der Waals surface area (Å²) in [5.74, 6) is 0. The molecule has 0 unspecified atom stereocenters. The van der Waals surface area contributed by atoms with Gasteiger partial charge in [0, 0.05) is 41.6 Å². The quantitative estimate of drug-likeness (QED) is 0.468. The van der Waals surface area contributed by atoms with Crippen LogP contribution in [0.5, 0.6) is 0 Å². The first-order chi connectivity index (χ1) is 14.7. The van der Waals surface area contributed by atoms with E-state index in [1.54, 1.807) is 15.6 Å². The number of hydrogen-bond acceptors (Lipinski definition) is 5. The van der Waals surface area contributed by atoms with Gasteiger partial charge in [0.2, 0.25) is 10.0 Å². The second kappa shape index (κ2) is 8.65. The molecule has 0 bridgehead atoms. The largest absolute Gasteiger partial charge is 0.345 e. The highest BCUT2D eigenvalue weighted by Gasteiger charge is 2.32. The number of piperazine rings is 1. The third-order valence-corrected chi connectivity index (χ3v) is 9.58. The van der Waals surface area contributed by atoms with Gasteiger partial charge in [-0.1, -0.05) is 34.1 Å². The average Bonchev–Trinajstić information content (AvgIpc) is 3.23. The number of thiazole rings is 1. The molecule has 1 saturated heterocycles. The van der Waals surface area contributed by atoms with Crippen molar-refractivity contribution in [1.82, 2.24) is 9.29 Å². The van der Waals surface area contributed by atoms with Gasteiger partial charge < -0.3 is 4.90 Å². The summed E-state index contributed by atoms with van der Waals surface area (Å²) in [5.41, 5.74) is 5.75. The van der Waals surface area contributed by atoms with Gasteiger partial charge in [0.15, 0.2) is 5.13 Å². The highest BCUT2D eigenvalue weighted by molar-refractivity contribution is 9.10. The predicted molar refractivity (Wildman–Crippen MR) is 132 cm³/mol. The van der Waals surface area contributed by atoms with Crippen LogP contribution in [0, 0.1) is 27.7 Å². The third kappa shape index (κ3) is 4.31. The summed E-state index contributed by atoms with van der Waals surface area (Å²) in [5, 5.41) is 2.99. The van der Waals surface area contributed by atoms with E-state index in [4.69, 9.17) is 4.98 Å². The topological polar surface area (TPSA) is 53.5 Å². The molecule has 0 N–H and O–H groups in total. The van der Waals surface area contributed by atoms with Crippen LogP contribution >= 0.6 is 27.3 Å². The molecule has 31 heavy (non-hydrogen) atoms. The first kappa shape index (κ1) is 22.5. The molecule has 1 aliphatic rings. The van der Waals surface area contributed by atoms with E-state index in [1.165, 1.54) is 0 Å². The molecule has 0 aliphatic carbocycles. The maximum Gasteiger partial charge on any atom is 0.243 e. The monoisotopic (exact) mass is 519 g/mol. The SMILES string of the molecule is Cc1cc(C)c(C)c(S(=O)(=O)N2CCN(c3nc(-c4cccc(Br)c4)cs3)CC2)c1C. The smallest absolute Gasteiger partial charge is 0.243 e. The number of halogens is 1. The molecule has 5 nitrogen and oxygen atoms in total. The molecule has 4 rings (SSSR count). The van der Waals surface area contributed by atoms with Gasteiger partial charge in [0.25, 0.3) is 0 Å². The second-order valence-electron chi connectivity index (χ2n) is 8.01. The fourth-order valence-electron chi connectivity index (χ4n) is 4.01. The molecule has 0 atom stereocenters. The minimum Gasteiger partial charge on any atom is -0.345 e. The van der Waals surface area contributed by atoms with Crippen LogP contribution in [0.4, 0.5) is 5.13 Å². The molecule has 1 fully saturated rings. The molecule has 1 aromatic heterocycles. The zero-order chi connectivity index (χ0) is 22.3. The summed E-state index contributed by atoms with van der Waals surface area (Å²) in [7, 11) is -3.53. The zero-order valence-electron chi connectivity index (χ0n) is 18.1. The minimum atomic E-state index is -3.53. The fourth-order valence-corrected chi connectivity index (χ4v) is 7.29. The Labute approximate surface area is 196 Å². The molecule has 0 spiro atoms. The lowest BCUT2D eigenvalue weighted by molar-refractivity contribution is 0.384. The molecular weight excluding hydrogens is 494 g/mol. The van der Waals surface area contributed by atoms with Gasteiger partial charge in [-0.2, -0.15) is 4.31 Å². The van der Waals surface area contributed by atoms with Crippen molar-refractivity contribution < 1.29 is 8.42 Å². The molecule has 2 aromatic carbocycles. The van der Waals surface area contributed by atoms with Crippen LogP contribution < -0.4 is 4.90 Å². The van der Waals surface area contributed by atoms with Gasteiger partial charge in [-0.25, -0.2) is 13.4 Å². The Balaban J connectivity index is 1.52. The number of hydrogen-bond donors (Lipinski definition) is 0. The van der Waals surface area contributed by atoms with Crippen molar-refractivity contribution in [1.29, 1.82) is 0 Å². The average molecular weight is 521 g/mol. The van der Waals surface area contributed by atoms with Gasteiger partial charge in [0.1, 0.15) is 0 Å². The summed E-state index contributed by atoms with van der Waals surface area (Å²) in [6, 6.07) is 10.2. The normalized spacial score (nSPS) is 15.5. The number of aryl methyl sites for hydroxylation is 2. The van der Waals surface area contributed by atoms with E-state index in [0.717, 1.165) is 43.1 Å². The lowest BCUT2D eigenvalue weighted by Gasteiger charge is -2.34. The first-order valence-electron chi connectivity index (χ1n) is 10.2. The second-order valence-corrected chi connectivity index (χ2v) is 11.6. The van der Waals surface area contributed by atoms with Crippen LogP contribution in [0.3, 0.4) is 0 Å². The number of anilines is 1. The molecule has 3 aromatic rings. The Hall–Kier alpha value is -1.74. The Morgan fingerprint density at radius 1 is 0.968 bits per heavy atom. The van der Waals surface area contributed by atoms with Crippen LogP contribution in [0.15, 0.2) is 45.1 Å². The van der Waals surface area contributed by atoms with Gasteiger partial charge >= 0.3 is 0 Å². The summed E-state index contributed by atoms with van der Waals surface area (Å²) in [4.78, 5) is 7.45. The van der Waals surface area contributed by atoms with Crippen molar-refractivity contribution in [3.8, 4) is 11.3 Å². The van der Waals surface area contributed by atoms with E-state index in [2.05, 4.69) is 38.3 Å². The lowest BCUT2D eigenvalue weighted by atomic mass is 10.0. The summed E-state index contributed by atoms with van der Waals surface area (Å²) in [6.07, 6.45) is 0. The molecular formula is C23H26BrN3O2S2. The van der Waals surface area contributed by atoms with Crippen molar-refractivity contribution >= 4 is 42.4 Å². The van der Waals surface area contributed by atoms with Gasteiger partial charge in [0.05, 0.1) is 10.6 Å². The summed E-state index contributed by atoms with van der Waals surface area (Å²) < 4.78 is 29.6. The third-order valence-electron chi connectivity index (χ3n) is 6.02. The highest BCUT2D eigenvalue weighted by Crippen LogP contribution is 2.32. The summed E-state index contributed by atoms with van der Waals surface area (Å²) >= 11 is 5.11. The number of aromatic nitrogens is 1. The predicted octanol–water partition coefficient (Wildman–Crippen LogP) is 5.32. The highest BCUT2D eigenvalue weighted by atomic mass is 79.9. The molecule has 0 radical (unpaired) electrons. The van der Waals surface area contributed by atoms with Crippen molar-refractivity contribution in [2.24, 2.45) is 0 Å². The Morgan fingerprint density at radius 2 is 1.61 bits per heavy atom. The van der Waals surface area contributed by atoms with Crippen molar-refractivity contribution in [3.63, 3.8) is 0 Å². The number of rotatable bonds is 4. The maximum absolute atomic E-state index is 13.5. The van der Waals surface area contributed by atoms with E-state index in [0.29, 0.717) is 31.1 Å². The number of benzene rings is 2. The van der Waals surface area contributed by atoms with E-state index in [1.807, 2.05) is 45.9 Å². The molecule has 8 heteroatoms. The Bertz CT molecular complexity index is 1200. The molecule has 0 saturated carbocycles. The molecule has 0 amide bonds. The standard InChI is InChI=1S/C23H26BrN3O2S2/c1-15-12-16(2)18(4)22(17(15)3)31(28,29)27-10-8-26(9-11-27)23-25-21(14-30-23)19-6-5-7-20(24)13-19/h5-7,12-14H,8-11H2,1-4H3. The zero-order valence-corrected chi connectivity index (χ0v) is 21.4. The van der Waals surface area contributed by atoms with Crippen LogP contribution in [0.25, 0.3) is 11.3 Å². The van der Waals surface area contributed by atoms with Crippen LogP contribution in [-0.2, 0) is 10.0 Å². The molecule has 1 aliphatic heterocycles. The van der Waals surface area contributed by atoms with E-state index >= 15 is 0 Å². The first-order valence-corrected chi connectivity index (χ1v) is 13.3.